The summed E-state index contributed by atoms with van der Waals surface area (Å²) in [5.41, 5.74) is 0. The highest BCUT2D eigenvalue weighted by Crippen LogP contribution is 2.28. The Morgan fingerprint density at radius 1 is 1.56 bits per heavy atom. The first-order valence-corrected chi connectivity index (χ1v) is 7.26. The lowest BCUT2D eigenvalue weighted by Gasteiger charge is -2.04. The average molecular weight is 323 g/mol. The second-order valence-corrected chi connectivity index (χ2v) is 6.52. The van der Waals surface area contributed by atoms with Crippen LogP contribution in [0.5, 0.6) is 0 Å². The van der Waals surface area contributed by atoms with Gasteiger partial charge >= 0.3 is 0 Å². The molecule has 0 bridgehead atoms. The SMILES string of the molecule is Cn1ncnc1NS(=O)(=O)c1sccc1Br. The van der Waals surface area contributed by atoms with Crippen LogP contribution in [0.15, 0.2) is 26.5 Å². The van der Waals surface area contributed by atoms with Crippen LogP contribution < -0.4 is 4.72 Å². The third kappa shape index (κ3) is 2.11. The number of hydrogen-bond donors (Lipinski definition) is 1. The number of sulfonamides is 1. The van der Waals surface area contributed by atoms with Gasteiger partial charge in [-0.1, -0.05) is 0 Å². The third-order valence-electron chi connectivity index (χ3n) is 1.77. The maximum absolute atomic E-state index is 11.9. The van der Waals surface area contributed by atoms with E-state index < -0.39 is 10.0 Å². The molecule has 2 rings (SSSR count). The van der Waals surface area contributed by atoms with Crippen molar-refractivity contribution >= 4 is 43.2 Å². The molecular formula is C7H7BrN4O2S2. The van der Waals surface area contributed by atoms with Crippen molar-refractivity contribution in [2.45, 2.75) is 4.21 Å². The number of thiophene rings is 1. The largest absolute Gasteiger partial charge is 0.274 e. The van der Waals surface area contributed by atoms with Crippen LogP contribution in [-0.4, -0.2) is 23.2 Å². The summed E-state index contributed by atoms with van der Waals surface area (Å²) >= 11 is 4.30. The van der Waals surface area contributed by atoms with Gasteiger partial charge in [-0.15, -0.1) is 11.3 Å². The van der Waals surface area contributed by atoms with Crippen LogP contribution in [0.25, 0.3) is 0 Å². The third-order valence-corrected chi connectivity index (χ3v) is 5.76. The Hall–Kier alpha value is -0.930. The predicted molar refractivity (Wildman–Crippen MR) is 63.8 cm³/mol. The summed E-state index contributed by atoms with van der Waals surface area (Å²) in [5, 5.41) is 5.46. The molecule has 0 fully saturated rings. The van der Waals surface area contributed by atoms with E-state index in [0.717, 1.165) is 11.3 Å². The lowest BCUT2D eigenvalue weighted by molar-refractivity contribution is 0.601. The van der Waals surface area contributed by atoms with Crippen molar-refractivity contribution in [3.05, 3.63) is 22.2 Å². The first-order chi connectivity index (χ1) is 7.50. The van der Waals surface area contributed by atoms with Crippen molar-refractivity contribution < 1.29 is 8.42 Å². The molecule has 0 aliphatic carbocycles. The van der Waals surface area contributed by atoms with E-state index in [1.165, 1.54) is 11.0 Å². The minimum Gasteiger partial charge on any atom is -0.247 e. The molecule has 2 heterocycles. The molecule has 0 aromatic carbocycles. The van der Waals surface area contributed by atoms with E-state index in [1.807, 2.05) is 0 Å². The van der Waals surface area contributed by atoms with Gasteiger partial charge in [0, 0.05) is 11.5 Å². The molecule has 2 aromatic rings. The highest BCUT2D eigenvalue weighted by Gasteiger charge is 2.20. The van der Waals surface area contributed by atoms with Crippen molar-refractivity contribution in [1.29, 1.82) is 0 Å². The second kappa shape index (κ2) is 4.15. The van der Waals surface area contributed by atoms with E-state index >= 15 is 0 Å². The molecule has 1 N–H and O–H groups in total. The Morgan fingerprint density at radius 3 is 2.81 bits per heavy atom. The Labute approximate surface area is 104 Å². The van der Waals surface area contributed by atoms with Gasteiger partial charge in [0.2, 0.25) is 5.95 Å². The first kappa shape index (κ1) is 11.6. The summed E-state index contributed by atoms with van der Waals surface area (Å²) in [4.78, 5) is 3.79. The van der Waals surface area contributed by atoms with Crippen LogP contribution >= 0.6 is 27.3 Å². The molecule has 16 heavy (non-hydrogen) atoms. The Morgan fingerprint density at radius 2 is 2.31 bits per heavy atom. The molecule has 6 nitrogen and oxygen atoms in total. The smallest absolute Gasteiger partial charge is 0.247 e. The molecule has 0 radical (unpaired) electrons. The number of halogens is 1. The van der Waals surface area contributed by atoms with Gasteiger partial charge in [0.05, 0.1) is 0 Å². The molecule has 0 spiro atoms. The molecule has 0 aliphatic heterocycles. The van der Waals surface area contributed by atoms with Crippen LogP contribution in [0, 0.1) is 0 Å². The van der Waals surface area contributed by atoms with Crippen molar-refractivity contribution in [2.24, 2.45) is 7.05 Å². The molecule has 2 aromatic heterocycles. The van der Waals surface area contributed by atoms with E-state index in [9.17, 15) is 8.42 Å². The quantitative estimate of drug-likeness (QED) is 0.927. The summed E-state index contributed by atoms with van der Waals surface area (Å²) < 4.78 is 28.3. The fourth-order valence-corrected chi connectivity index (χ4v) is 4.40. The van der Waals surface area contributed by atoms with Gasteiger partial charge in [0.15, 0.2) is 4.21 Å². The van der Waals surface area contributed by atoms with E-state index in [0.29, 0.717) is 4.47 Å². The molecule has 0 unspecified atom stereocenters. The van der Waals surface area contributed by atoms with Crippen molar-refractivity contribution in [1.82, 2.24) is 14.8 Å². The number of aromatic nitrogens is 3. The van der Waals surface area contributed by atoms with E-state index in [-0.39, 0.29) is 10.2 Å². The molecule has 0 atom stereocenters. The van der Waals surface area contributed by atoms with Gasteiger partial charge in [-0.25, -0.2) is 17.8 Å². The van der Waals surface area contributed by atoms with Gasteiger partial charge in [0.25, 0.3) is 10.0 Å². The summed E-state index contributed by atoms with van der Waals surface area (Å²) in [6, 6.07) is 1.68. The summed E-state index contributed by atoms with van der Waals surface area (Å²) in [6.07, 6.45) is 1.28. The second-order valence-electron chi connectivity index (χ2n) is 2.87. The lowest BCUT2D eigenvalue weighted by atomic mass is 10.7. The van der Waals surface area contributed by atoms with Crippen molar-refractivity contribution in [3.8, 4) is 0 Å². The van der Waals surface area contributed by atoms with Crippen LogP contribution in [-0.2, 0) is 17.1 Å². The number of rotatable bonds is 3. The number of nitrogens with one attached hydrogen (secondary N) is 1. The molecule has 9 heteroatoms. The van der Waals surface area contributed by atoms with Gasteiger partial charge in [-0.05, 0) is 27.4 Å². The predicted octanol–water partition coefficient (Wildman–Crippen LogP) is 1.44. The van der Waals surface area contributed by atoms with E-state index in [2.05, 4.69) is 30.7 Å². The molecule has 0 saturated heterocycles. The number of aryl methyl sites for hydroxylation is 1. The molecule has 0 saturated carbocycles. The molecule has 0 amide bonds. The van der Waals surface area contributed by atoms with E-state index in [4.69, 9.17) is 0 Å². The summed E-state index contributed by atoms with van der Waals surface area (Å²) in [5.74, 6) is 0.181. The minimum absolute atomic E-state index is 0.181. The molecule has 0 aliphatic rings. The highest BCUT2D eigenvalue weighted by molar-refractivity contribution is 9.10. The summed E-state index contributed by atoms with van der Waals surface area (Å²) in [7, 11) is -1.99. The standard InChI is InChI=1S/C7H7BrN4O2S2/c1-12-7(9-4-10-12)11-16(13,14)6-5(8)2-3-15-6/h2-4H,1H3,(H,9,10,11). The Kier molecular flexibility index (Phi) is 3.00. The van der Waals surface area contributed by atoms with E-state index in [1.54, 1.807) is 18.5 Å². The van der Waals surface area contributed by atoms with Gasteiger partial charge in [0.1, 0.15) is 6.33 Å². The normalized spacial score (nSPS) is 11.6. The van der Waals surface area contributed by atoms with Gasteiger partial charge in [-0.2, -0.15) is 10.1 Å². The fraction of sp³-hybridized carbons (Fsp3) is 0.143. The topological polar surface area (TPSA) is 76.9 Å². The number of nitrogens with zero attached hydrogens (tertiary/aromatic N) is 3. The van der Waals surface area contributed by atoms with Crippen molar-refractivity contribution in [3.63, 3.8) is 0 Å². The highest BCUT2D eigenvalue weighted by atomic mass is 79.9. The first-order valence-electron chi connectivity index (χ1n) is 4.10. The molecule has 86 valence electrons. The van der Waals surface area contributed by atoms with Crippen molar-refractivity contribution in [2.75, 3.05) is 4.72 Å². The van der Waals surface area contributed by atoms with Gasteiger partial charge < -0.3 is 0 Å². The monoisotopic (exact) mass is 322 g/mol. The average Bonchev–Trinajstić information content (AvgIpc) is 2.76. The lowest BCUT2D eigenvalue weighted by Crippen LogP contribution is -2.15. The van der Waals surface area contributed by atoms with Crippen LogP contribution in [0.2, 0.25) is 0 Å². The Balaban J connectivity index is 2.36. The number of hydrogen-bond acceptors (Lipinski definition) is 5. The Bertz CT molecular complexity index is 603. The van der Waals surface area contributed by atoms with Gasteiger partial charge in [-0.3, -0.25) is 0 Å². The fourth-order valence-electron chi connectivity index (χ4n) is 1.03. The zero-order valence-electron chi connectivity index (χ0n) is 8.08. The molecular weight excluding hydrogens is 316 g/mol. The number of anilines is 1. The maximum Gasteiger partial charge on any atom is 0.274 e. The van der Waals surface area contributed by atoms with Crippen LogP contribution in [0.1, 0.15) is 0 Å². The maximum atomic E-state index is 11.9. The zero-order chi connectivity index (χ0) is 11.8. The van der Waals surface area contributed by atoms with Crippen LogP contribution in [0.4, 0.5) is 5.95 Å². The zero-order valence-corrected chi connectivity index (χ0v) is 11.3. The summed E-state index contributed by atoms with van der Waals surface area (Å²) in [6.45, 7) is 0. The minimum atomic E-state index is -3.59. The van der Waals surface area contributed by atoms with Crippen LogP contribution in [0.3, 0.4) is 0 Å².